The van der Waals surface area contributed by atoms with E-state index in [-0.39, 0.29) is 5.91 Å². The first-order chi connectivity index (χ1) is 9.24. The molecule has 1 aromatic rings. The highest BCUT2D eigenvalue weighted by atomic mass is 16.1. The molecule has 1 saturated heterocycles. The fourth-order valence-electron chi connectivity index (χ4n) is 2.25. The molecule has 0 bridgehead atoms. The molecule has 19 heavy (non-hydrogen) atoms. The molecule has 1 fully saturated rings. The van der Waals surface area contributed by atoms with Gasteiger partial charge < -0.3 is 5.73 Å². The maximum Gasteiger partial charge on any atom is 0.231 e. The van der Waals surface area contributed by atoms with Crippen molar-refractivity contribution in [3.63, 3.8) is 0 Å². The third-order valence-corrected chi connectivity index (χ3v) is 3.32. The quantitative estimate of drug-likeness (QED) is 0.851. The molecule has 1 heterocycles. The minimum absolute atomic E-state index is 0.238. The third-order valence-electron chi connectivity index (χ3n) is 3.32. The van der Waals surface area contributed by atoms with E-state index in [0.717, 1.165) is 32.7 Å². The van der Waals surface area contributed by atoms with E-state index in [0.29, 0.717) is 6.54 Å². The SMILES string of the molecule is NC(=O)CN1CCN(CC=Cc2ccccc2)CC1. The molecule has 0 radical (unpaired) electrons. The molecule has 4 heteroatoms. The number of nitrogens with zero attached hydrogens (tertiary/aromatic N) is 2. The van der Waals surface area contributed by atoms with Crippen molar-refractivity contribution in [1.82, 2.24) is 9.80 Å². The second-order valence-corrected chi connectivity index (χ2v) is 4.86. The van der Waals surface area contributed by atoms with Crippen LogP contribution in [-0.2, 0) is 4.79 Å². The van der Waals surface area contributed by atoms with Gasteiger partial charge in [0.05, 0.1) is 6.54 Å². The van der Waals surface area contributed by atoms with Gasteiger partial charge in [0.25, 0.3) is 0 Å². The Labute approximate surface area is 114 Å². The van der Waals surface area contributed by atoms with Crippen molar-refractivity contribution in [2.45, 2.75) is 0 Å². The first-order valence-electron chi connectivity index (χ1n) is 6.68. The van der Waals surface area contributed by atoms with Gasteiger partial charge in [0, 0.05) is 32.7 Å². The molecule has 0 atom stereocenters. The van der Waals surface area contributed by atoms with Crippen molar-refractivity contribution in [3.05, 3.63) is 42.0 Å². The molecular weight excluding hydrogens is 238 g/mol. The van der Waals surface area contributed by atoms with Crippen LogP contribution in [0.3, 0.4) is 0 Å². The van der Waals surface area contributed by atoms with E-state index in [1.807, 2.05) is 18.2 Å². The summed E-state index contributed by atoms with van der Waals surface area (Å²) < 4.78 is 0. The Morgan fingerprint density at radius 2 is 1.74 bits per heavy atom. The number of rotatable bonds is 5. The van der Waals surface area contributed by atoms with Gasteiger partial charge in [-0.05, 0) is 5.56 Å². The van der Waals surface area contributed by atoms with Crippen LogP contribution in [0.4, 0.5) is 0 Å². The average Bonchev–Trinajstić information content (AvgIpc) is 2.41. The Hall–Kier alpha value is -1.65. The van der Waals surface area contributed by atoms with Crippen molar-refractivity contribution >= 4 is 12.0 Å². The number of nitrogens with two attached hydrogens (primary N) is 1. The van der Waals surface area contributed by atoms with Gasteiger partial charge in [0.15, 0.2) is 0 Å². The maximum absolute atomic E-state index is 10.8. The van der Waals surface area contributed by atoms with Crippen LogP contribution in [0.15, 0.2) is 36.4 Å². The molecule has 2 N–H and O–H groups in total. The van der Waals surface area contributed by atoms with Crippen molar-refractivity contribution in [1.29, 1.82) is 0 Å². The highest BCUT2D eigenvalue weighted by Gasteiger charge is 2.16. The molecule has 0 saturated carbocycles. The highest BCUT2D eigenvalue weighted by molar-refractivity contribution is 5.75. The van der Waals surface area contributed by atoms with Gasteiger partial charge in [-0.1, -0.05) is 42.5 Å². The van der Waals surface area contributed by atoms with Gasteiger partial charge >= 0.3 is 0 Å². The van der Waals surface area contributed by atoms with Crippen LogP contribution in [0.2, 0.25) is 0 Å². The summed E-state index contributed by atoms with van der Waals surface area (Å²) in [6.07, 6.45) is 4.34. The molecule has 1 aromatic carbocycles. The van der Waals surface area contributed by atoms with Crippen LogP contribution in [0.1, 0.15) is 5.56 Å². The monoisotopic (exact) mass is 259 g/mol. The molecule has 0 aromatic heterocycles. The summed E-state index contributed by atoms with van der Waals surface area (Å²) in [5.74, 6) is -0.238. The summed E-state index contributed by atoms with van der Waals surface area (Å²) in [4.78, 5) is 15.3. The van der Waals surface area contributed by atoms with Gasteiger partial charge in [-0.15, -0.1) is 0 Å². The Kier molecular flexibility index (Phi) is 5.12. The zero-order chi connectivity index (χ0) is 13.5. The smallest absolute Gasteiger partial charge is 0.231 e. The predicted molar refractivity (Wildman–Crippen MR) is 77.6 cm³/mol. The van der Waals surface area contributed by atoms with Crippen LogP contribution >= 0.6 is 0 Å². The standard InChI is InChI=1S/C15H21N3O/c16-15(19)13-18-11-9-17(10-12-18)8-4-7-14-5-2-1-3-6-14/h1-7H,8-13H2,(H2,16,19). The number of benzene rings is 1. The molecule has 1 aliphatic rings. The second kappa shape index (κ2) is 7.07. The molecule has 0 spiro atoms. The van der Waals surface area contributed by atoms with Gasteiger partial charge in [0.1, 0.15) is 0 Å². The Bertz CT molecular complexity index is 422. The lowest BCUT2D eigenvalue weighted by Crippen LogP contribution is -2.48. The van der Waals surface area contributed by atoms with Crippen LogP contribution in [0, 0.1) is 0 Å². The van der Waals surface area contributed by atoms with E-state index >= 15 is 0 Å². The highest BCUT2D eigenvalue weighted by Crippen LogP contribution is 2.04. The van der Waals surface area contributed by atoms with Gasteiger partial charge in [-0.25, -0.2) is 0 Å². The molecule has 0 unspecified atom stereocenters. The second-order valence-electron chi connectivity index (χ2n) is 4.86. The number of carbonyl (C=O) groups excluding carboxylic acids is 1. The normalized spacial score (nSPS) is 17.9. The zero-order valence-corrected chi connectivity index (χ0v) is 11.2. The number of hydrogen-bond acceptors (Lipinski definition) is 3. The Balaban J connectivity index is 1.71. The lowest BCUT2D eigenvalue weighted by molar-refractivity contribution is -0.119. The molecule has 0 aliphatic carbocycles. The van der Waals surface area contributed by atoms with Crippen LogP contribution in [0.5, 0.6) is 0 Å². The summed E-state index contributed by atoms with van der Waals surface area (Å²) in [6, 6.07) is 10.3. The van der Waals surface area contributed by atoms with E-state index in [2.05, 4.69) is 34.1 Å². The van der Waals surface area contributed by atoms with Crippen molar-refractivity contribution in [2.75, 3.05) is 39.3 Å². The minimum atomic E-state index is -0.238. The summed E-state index contributed by atoms with van der Waals surface area (Å²) in [5, 5.41) is 0. The molecule has 2 rings (SSSR count). The van der Waals surface area contributed by atoms with E-state index in [1.165, 1.54) is 5.56 Å². The van der Waals surface area contributed by atoms with Crippen molar-refractivity contribution in [3.8, 4) is 0 Å². The van der Waals surface area contributed by atoms with Crippen LogP contribution in [0.25, 0.3) is 6.08 Å². The lowest BCUT2D eigenvalue weighted by Gasteiger charge is -2.33. The van der Waals surface area contributed by atoms with Gasteiger partial charge in [-0.3, -0.25) is 14.6 Å². The van der Waals surface area contributed by atoms with Gasteiger partial charge in [0.2, 0.25) is 5.91 Å². The minimum Gasteiger partial charge on any atom is -0.369 e. The van der Waals surface area contributed by atoms with E-state index in [4.69, 9.17) is 5.73 Å². The number of hydrogen-bond donors (Lipinski definition) is 1. The first-order valence-corrected chi connectivity index (χ1v) is 6.68. The van der Waals surface area contributed by atoms with Crippen molar-refractivity contribution < 1.29 is 4.79 Å². The number of carbonyl (C=O) groups is 1. The van der Waals surface area contributed by atoms with Crippen LogP contribution < -0.4 is 5.73 Å². The van der Waals surface area contributed by atoms with Crippen LogP contribution in [-0.4, -0.2) is 55.0 Å². The lowest BCUT2D eigenvalue weighted by atomic mass is 10.2. The fourth-order valence-corrected chi connectivity index (χ4v) is 2.25. The summed E-state index contributed by atoms with van der Waals surface area (Å²) >= 11 is 0. The van der Waals surface area contributed by atoms with E-state index < -0.39 is 0 Å². The number of primary amides is 1. The number of piperazine rings is 1. The molecule has 102 valence electrons. The Morgan fingerprint density at radius 1 is 1.11 bits per heavy atom. The first kappa shape index (κ1) is 13.8. The number of amides is 1. The molecular formula is C15H21N3O. The third kappa shape index (κ3) is 4.85. The maximum atomic E-state index is 10.8. The van der Waals surface area contributed by atoms with E-state index in [1.54, 1.807) is 0 Å². The zero-order valence-electron chi connectivity index (χ0n) is 11.2. The van der Waals surface area contributed by atoms with Crippen molar-refractivity contribution in [2.24, 2.45) is 5.73 Å². The summed E-state index contributed by atoms with van der Waals surface area (Å²) in [6.45, 7) is 5.16. The predicted octanol–water partition coefficient (Wildman–Crippen LogP) is 0.803. The molecule has 1 amide bonds. The fraction of sp³-hybridized carbons (Fsp3) is 0.400. The molecule has 4 nitrogen and oxygen atoms in total. The van der Waals surface area contributed by atoms with E-state index in [9.17, 15) is 4.79 Å². The summed E-state index contributed by atoms with van der Waals surface area (Å²) in [5.41, 5.74) is 6.43. The average molecular weight is 259 g/mol. The Morgan fingerprint density at radius 3 is 2.37 bits per heavy atom. The topological polar surface area (TPSA) is 49.6 Å². The largest absolute Gasteiger partial charge is 0.369 e. The summed E-state index contributed by atoms with van der Waals surface area (Å²) in [7, 11) is 0. The molecule has 1 aliphatic heterocycles. The van der Waals surface area contributed by atoms with Gasteiger partial charge in [-0.2, -0.15) is 0 Å².